The summed E-state index contributed by atoms with van der Waals surface area (Å²) in [6.45, 7) is 5.01. The minimum Gasteiger partial charge on any atom is -0.349 e. The number of nitrogens with zero attached hydrogens (tertiary/aromatic N) is 1. The Hall–Kier alpha value is -3.09. The number of hydrogen-bond acceptors (Lipinski definition) is 3. The van der Waals surface area contributed by atoms with E-state index in [0.29, 0.717) is 11.1 Å². The van der Waals surface area contributed by atoms with Crippen LogP contribution in [0.2, 0.25) is 0 Å². The zero-order valence-electron chi connectivity index (χ0n) is 15.1. The van der Waals surface area contributed by atoms with Gasteiger partial charge in [-0.25, -0.2) is 8.78 Å². The second-order valence-corrected chi connectivity index (χ2v) is 6.53. The van der Waals surface area contributed by atoms with Gasteiger partial charge >= 0.3 is 0 Å². The number of halogens is 2. The highest BCUT2D eigenvalue weighted by molar-refractivity contribution is 5.86. The van der Waals surface area contributed by atoms with Crippen LogP contribution in [0.3, 0.4) is 0 Å². The Morgan fingerprint density at radius 2 is 1.89 bits per heavy atom. The van der Waals surface area contributed by atoms with Crippen LogP contribution < -0.4 is 10.9 Å². The van der Waals surface area contributed by atoms with Crippen molar-refractivity contribution in [3.8, 4) is 0 Å². The number of pyridine rings is 2. The van der Waals surface area contributed by atoms with E-state index in [2.05, 4.69) is 15.3 Å². The number of amides is 1. The standard InChI is InChI=1S/C20H19F2N3O2/c1-10(15-9-16-11(2)23-7-6-18(16)25-20(15)27)19(26)24-12(3)14-5-4-13(21)8-17(14)22/h4-10,12H,1-3H3,(H,24,26)(H,25,27)/t10?,12-/m0/s1. The summed E-state index contributed by atoms with van der Waals surface area (Å²) in [5.74, 6) is -2.61. The van der Waals surface area contributed by atoms with E-state index in [1.165, 1.54) is 6.07 Å². The third kappa shape index (κ3) is 3.72. The highest BCUT2D eigenvalue weighted by atomic mass is 19.1. The van der Waals surface area contributed by atoms with Crippen LogP contribution in [0.15, 0.2) is 41.3 Å². The second kappa shape index (κ2) is 7.26. The van der Waals surface area contributed by atoms with E-state index in [-0.39, 0.29) is 11.1 Å². The lowest BCUT2D eigenvalue weighted by molar-refractivity contribution is -0.122. The fourth-order valence-corrected chi connectivity index (χ4v) is 3.02. The number of nitrogens with one attached hydrogen (secondary N) is 2. The summed E-state index contributed by atoms with van der Waals surface area (Å²) in [5, 5.41) is 3.43. The molecule has 1 amide bonds. The molecule has 0 saturated heterocycles. The van der Waals surface area contributed by atoms with E-state index in [9.17, 15) is 18.4 Å². The maximum atomic E-state index is 13.9. The van der Waals surface area contributed by atoms with Gasteiger partial charge in [0.15, 0.2) is 0 Å². The first-order chi connectivity index (χ1) is 12.8. The monoisotopic (exact) mass is 371 g/mol. The fraction of sp³-hybridized carbons (Fsp3) is 0.250. The SMILES string of the molecule is Cc1nccc2[nH]c(=O)c(C(C)C(=O)N[C@@H](C)c3ccc(F)cc3F)cc12. The number of aryl methyl sites for hydroxylation is 1. The van der Waals surface area contributed by atoms with Gasteiger partial charge in [0.05, 0.1) is 17.5 Å². The highest BCUT2D eigenvalue weighted by Crippen LogP contribution is 2.21. The minimum atomic E-state index is -0.760. The molecule has 2 aromatic heterocycles. The highest BCUT2D eigenvalue weighted by Gasteiger charge is 2.22. The van der Waals surface area contributed by atoms with Gasteiger partial charge in [0.25, 0.3) is 5.56 Å². The molecule has 2 N–H and O–H groups in total. The van der Waals surface area contributed by atoms with E-state index >= 15 is 0 Å². The molecule has 0 spiro atoms. The van der Waals surface area contributed by atoms with Crippen molar-refractivity contribution in [2.75, 3.05) is 0 Å². The number of fused-ring (bicyclic) bond motifs is 1. The van der Waals surface area contributed by atoms with Gasteiger partial charge in [-0.2, -0.15) is 0 Å². The molecule has 2 heterocycles. The molecule has 2 atom stereocenters. The molecule has 1 unspecified atom stereocenters. The summed E-state index contributed by atoms with van der Waals surface area (Å²) < 4.78 is 27.0. The maximum Gasteiger partial charge on any atom is 0.252 e. The molecule has 140 valence electrons. The van der Waals surface area contributed by atoms with Gasteiger partial charge in [0.2, 0.25) is 5.91 Å². The van der Waals surface area contributed by atoms with Crippen molar-refractivity contribution in [3.05, 3.63) is 75.3 Å². The molecule has 5 nitrogen and oxygen atoms in total. The van der Waals surface area contributed by atoms with Crippen LogP contribution in [0.4, 0.5) is 8.78 Å². The van der Waals surface area contributed by atoms with E-state index < -0.39 is 29.5 Å². The normalized spacial score (nSPS) is 13.4. The van der Waals surface area contributed by atoms with Crippen molar-refractivity contribution in [3.63, 3.8) is 0 Å². The summed E-state index contributed by atoms with van der Waals surface area (Å²) in [6, 6.07) is 5.86. The quantitative estimate of drug-likeness (QED) is 0.737. The first kappa shape index (κ1) is 18.7. The van der Waals surface area contributed by atoms with Crippen LogP contribution in [-0.4, -0.2) is 15.9 Å². The zero-order chi connectivity index (χ0) is 19.7. The zero-order valence-corrected chi connectivity index (χ0v) is 15.1. The van der Waals surface area contributed by atoms with Crippen LogP contribution in [0.5, 0.6) is 0 Å². The second-order valence-electron chi connectivity index (χ2n) is 6.53. The van der Waals surface area contributed by atoms with E-state index in [1.807, 2.05) is 6.92 Å². The van der Waals surface area contributed by atoms with Crippen molar-refractivity contribution in [1.82, 2.24) is 15.3 Å². The van der Waals surface area contributed by atoms with Crippen molar-refractivity contribution in [1.29, 1.82) is 0 Å². The number of hydrogen-bond donors (Lipinski definition) is 2. The fourth-order valence-electron chi connectivity index (χ4n) is 3.02. The smallest absolute Gasteiger partial charge is 0.252 e. The number of carbonyl (C=O) groups is 1. The third-order valence-corrected chi connectivity index (χ3v) is 4.65. The summed E-state index contributed by atoms with van der Waals surface area (Å²) in [6.07, 6.45) is 1.60. The maximum absolute atomic E-state index is 13.9. The van der Waals surface area contributed by atoms with Crippen molar-refractivity contribution in [2.24, 2.45) is 0 Å². The Kier molecular flexibility index (Phi) is 5.03. The van der Waals surface area contributed by atoms with E-state index in [1.54, 1.807) is 32.2 Å². The van der Waals surface area contributed by atoms with Gasteiger partial charge < -0.3 is 10.3 Å². The molecule has 0 fully saturated rings. The van der Waals surface area contributed by atoms with Gasteiger partial charge in [-0.1, -0.05) is 6.07 Å². The summed E-state index contributed by atoms with van der Waals surface area (Å²) >= 11 is 0. The number of benzene rings is 1. The first-order valence-corrected chi connectivity index (χ1v) is 8.51. The molecule has 0 bridgehead atoms. The van der Waals surface area contributed by atoms with Gasteiger partial charge in [0.1, 0.15) is 11.6 Å². The largest absolute Gasteiger partial charge is 0.349 e. The first-order valence-electron chi connectivity index (χ1n) is 8.51. The van der Waals surface area contributed by atoms with E-state index in [4.69, 9.17) is 0 Å². The predicted octanol–water partition coefficient (Wildman–Crippen LogP) is 3.49. The predicted molar refractivity (Wildman–Crippen MR) is 98.4 cm³/mol. The molecule has 3 rings (SSSR count). The number of aromatic amines is 1. The van der Waals surface area contributed by atoms with Crippen LogP contribution >= 0.6 is 0 Å². The van der Waals surface area contributed by atoms with Crippen molar-refractivity contribution in [2.45, 2.75) is 32.7 Å². The molecule has 0 aliphatic heterocycles. The van der Waals surface area contributed by atoms with Crippen LogP contribution in [-0.2, 0) is 4.79 Å². The van der Waals surface area contributed by atoms with Gasteiger partial charge in [-0.05, 0) is 39.0 Å². The lowest BCUT2D eigenvalue weighted by Gasteiger charge is -2.18. The Balaban J connectivity index is 1.87. The minimum absolute atomic E-state index is 0.171. The van der Waals surface area contributed by atoms with Gasteiger partial charge in [0, 0.05) is 34.5 Å². The van der Waals surface area contributed by atoms with Crippen LogP contribution in [0.1, 0.15) is 42.6 Å². The Morgan fingerprint density at radius 3 is 2.59 bits per heavy atom. The molecule has 27 heavy (non-hydrogen) atoms. The Morgan fingerprint density at radius 1 is 1.15 bits per heavy atom. The van der Waals surface area contributed by atoms with E-state index in [0.717, 1.165) is 23.2 Å². The van der Waals surface area contributed by atoms with Crippen molar-refractivity contribution >= 4 is 16.8 Å². The Bertz CT molecular complexity index is 1080. The molecule has 0 saturated carbocycles. The van der Waals surface area contributed by atoms with Gasteiger partial charge in [-0.15, -0.1) is 0 Å². The topological polar surface area (TPSA) is 74.8 Å². The molecule has 7 heteroatoms. The average Bonchev–Trinajstić information content (AvgIpc) is 2.60. The molecule has 3 aromatic rings. The number of aromatic nitrogens is 2. The molecule has 0 radical (unpaired) electrons. The summed E-state index contributed by atoms with van der Waals surface area (Å²) in [5.41, 5.74) is 1.48. The molecule has 0 aliphatic rings. The van der Waals surface area contributed by atoms with Crippen LogP contribution in [0.25, 0.3) is 10.9 Å². The van der Waals surface area contributed by atoms with Crippen LogP contribution in [0, 0.1) is 18.6 Å². The van der Waals surface area contributed by atoms with Gasteiger partial charge in [-0.3, -0.25) is 14.6 Å². The number of H-pyrrole nitrogens is 1. The molecule has 0 aliphatic carbocycles. The average molecular weight is 371 g/mol. The molecular formula is C20H19F2N3O2. The lowest BCUT2D eigenvalue weighted by atomic mass is 9.98. The summed E-state index contributed by atoms with van der Waals surface area (Å²) in [4.78, 5) is 31.9. The summed E-state index contributed by atoms with van der Waals surface area (Å²) in [7, 11) is 0. The molecule has 1 aromatic carbocycles. The van der Waals surface area contributed by atoms with Crippen molar-refractivity contribution < 1.29 is 13.6 Å². The Labute approximate surface area is 154 Å². The number of rotatable bonds is 4. The molecular weight excluding hydrogens is 352 g/mol. The third-order valence-electron chi connectivity index (χ3n) is 4.65. The lowest BCUT2D eigenvalue weighted by Crippen LogP contribution is -2.33. The number of carbonyl (C=O) groups excluding carboxylic acids is 1.